The van der Waals surface area contributed by atoms with Crippen LogP contribution in [0, 0.1) is 0 Å². The number of hydrogen-bond donors (Lipinski definition) is 1. The molecule has 1 heterocycles. The van der Waals surface area contributed by atoms with Crippen molar-refractivity contribution in [3.63, 3.8) is 0 Å². The molecule has 182 valence electrons. The Hall–Kier alpha value is -3.35. The third kappa shape index (κ3) is 8.12. The molecule has 0 aliphatic heterocycles. The van der Waals surface area contributed by atoms with Gasteiger partial charge >= 0.3 is 0 Å². The maximum Gasteiger partial charge on any atom is 0.134 e. The molecular formula is C29H34N4OS. The lowest BCUT2D eigenvalue weighted by molar-refractivity contribution is 0.357. The Morgan fingerprint density at radius 2 is 1.91 bits per heavy atom. The van der Waals surface area contributed by atoms with E-state index in [4.69, 9.17) is 4.74 Å². The summed E-state index contributed by atoms with van der Waals surface area (Å²) in [6.07, 6.45) is 9.31. The van der Waals surface area contributed by atoms with Crippen LogP contribution in [0.15, 0.2) is 97.4 Å². The highest BCUT2D eigenvalue weighted by Gasteiger charge is 2.10. The zero-order valence-electron chi connectivity index (χ0n) is 20.8. The molecule has 35 heavy (non-hydrogen) atoms. The molecule has 1 N–H and O–H groups in total. The molecule has 1 aromatic heterocycles. The van der Waals surface area contributed by atoms with E-state index in [1.54, 1.807) is 12.4 Å². The average Bonchev–Trinajstić information content (AvgIpc) is 2.89. The molecule has 2 aromatic carbocycles. The molecule has 0 amide bonds. The van der Waals surface area contributed by atoms with Crippen LogP contribution in [0.2, 0.25) is 0 Å². The molecule has 0 fully saturated rings. The van der Waals surface area contributed by atoms with Crippen LogP contribution in [-0.4, -0.2) is 34.0 Å². The summed E-state index contributed by atoms with van der Waals surface area (Å²) in [6.45, 7) is 12.7. The van der Waals surface area contributed by atoms with Crippen molar-refractivity contribution in [1.29, 1.82) is 0 Å². The Balaban J connectivity index is 1.75. The van der Waals surface area contributed by atoms with Gasteiger partial charge in [-0.1, -0.05) is 80.9 Å². The summed E-state index contributed by atoms with van der Waals surface area (Å²) in [5, 5.41) is 3.43. The highest BCUT2D eigenvalue weighted by atomic mass is 32.2. The van der Waals surface area contributed by atoms with Crippen LogP contribution < -0.4 is 10.1 Å². The minimum absolute atomic E-state index is 0.446. The third-order valence-corrected chi connectivity index (χ3v) is 6.60. The van der Waals surface area contributed by atoms with E-state index in [-0.39, 0.29) is 0 Å². The molecule has 0 bridgehead atoms. The number of allylic oxidation sites excluding steroid dienone is 3. The zero-order valence-corrected chi connectivity index (χ0v) is 21.6. The number of rotatable bonds is 13. The van der Waals surface area contributed by atoms with Crippen molar-refractivity contribution in [3.05, 3.63) is 103 Å². The molecule has 0 atom stereocenters. The van der Waals surface area contributed by atoms with Crippen LogP contribution in [0.1, 0.15) is 26.3 Å². The lowest BCUT2D eigenvalue weighted by Gasteiger charge is -2.17. The first-order chi connectivity index (χ1) is 17.2. The standard InChI is InChI=1S/C29H34N4OS/c1-5-12-23(13-6-2)20-34-28-17-10-9-16-26(28)27-19-29(31-22-30-27)32-25-15-11-14-24(18-25)21-35-33(7-3)8-4/h5-6,9-19,22H,1,7-8,20-21H2,2-4H3,(H,30,31,32)/b13-6-,23-12+. The summed E-state index contributed by atoms with van der Waals surface area (Å²) in [5.74, 6) is 2.44. The molecule has 3 aromatic rings. The van der Waals surface area contributed by atoms with Gasteiger partial charge in [0.15, 0.2) is 0 Å². The van der Waals surface area contributed by atoms with Crippen molar-refractivity contribution in [2.75, 3.05) is 25.0 Å². The Labute approximate surface area is 213 Å². The van der Waals surface area contributed by atoms with Crippen LogP contribution >= 0.6 is 11.9 Å². The van der Waals surface area contributed by atoms with Crippen molar-refractivity contribution in [1.82, 2.24) is 14.3 Å². The molecule has 0 saturated carbocycles. The fourth-order valence-electron chi connectivity index (χ4n) is 3.51. The van der Waals surface area contributed by atoms with Gasteiger partial charge in [-0.25, -0.2) is 9.97 Å². The van der Waals surface area contributed by atoms with Gasteiger partial charge in [0.2, 0.25) is 0 Å². The first-order valence-electron chi connectivity index (χ1n) is 11.9. The first-order valence-corrected chi connectivity index (χ1v) is 12.8. The van der Waals surface area contributed by atoms with Crippen LogP contribution in [0.4, 0.5) is 11.5 Å². The maximum absolute atomic E-state index is 6.14. The fraction of sp³-hybridized carbons (Fsp3) is 0.241. The smallest absolute Gasteiger partial charge is 0.134 e. The lowest BCUT2D eigenvalue weighted by atomic mass is 10.1. The summed E-state index contributed by atoms with van der Waals surface area (Å²) in [7, 11) is 0. The van der Waals surface area contributed by atoms with Gasteiger partial charge in [0.1, 0.15) is 24.5 Å². The maximum atomic E-state index is 6.14. The quantitative estimate of drug-likeness (QED) is 0.200. The summed E-state index contributed by atoms with van der Waals surface area (Å²) >= 11 is 1.86. The number of anilines is 2. The van der Waals surface area contributed by atoms with E-state index in [0.29, 0.717) is 6.61 Å². The Morgan fingerprint density at radius 1 is 1.09 bits per heavy atom. The van der Waals surface area contributed by atoms with Gasteiger partial charge < -0.3 is 10.1 Å². The van der Waals surface area contributed by atoms with Gasteiger partial charge in [0.25, 0.3) is 0 Å². The Bertz CT molecular complexity index is 1150. The van der Waals surface area contributed by atoms with Gasteiger partial charge in [0.05, 0.1) is 5.69 Å². The summed E-state index contributed by atoms with van der Waals surface area (Å²) in [6, 6.07) is 18.3. The molecule has 0 unspecified atom stereocenters. The minimum atomic E-state index is 0.446. The highest BCUT2D eigenvalue weighted by molar-refractivity contribution is 7.96. The highest BCUT2D eigenvalue weighted by Crippen LogP contribution is 2.30. The van der Waals surface area contributed by atoms with E-state index >= 15 is 0 Å². The number of nitrogens with zero attached hydrogens (tertiary/aromatic N) is 3. The number of ether oxygens (including phenoxy) is 1. The number of hydrogen-bond acceptors (Lipinski definition) is 6. The van der Waals surface area contributed by atoms with Gasteiger partial charge in [-0.05, 0) is 42.3 Å². The number of aromatic nitrogens is 2. The van der Waals surface area contributed by atoms with Crippen molar-refractivity contribution < 1.29 is 4.74 Å². The third-order valence-electron chi connectivity index (χ3n) is 5.26. The van der Waals surface area contributed by atoms with Gasteiger partial charge in [-0.2, -0.15) is 0 Å². The first kappa shape index (κ1) is 26.3. The molecule has 0 radical (unpaired) electrons. The summed E-state index contributed by atoms with van der Waals surface area (Å²) < 4.78 is 8.50. The Morgan fingerprint density at radius 3 is 2.69 bits per heavy atom. The van der Waals surface area contributed by atoms with Crippen LogP contribution in [-0.2, 0) is 5.75 Å². The minimum Gasteiger partial charge on any atom is -0.488 e. The molecule has 0 spiro atoms. The van der Waals surface area contributed by atoms with E-state index in [9.17, 15) is 0 Å². The van der Waals surface area contributed by atoms with E-state index in [1.807, 2.05) is 67.4 Å². The van der Waals surface area contributed by atoms with E-state index in [0.717, 1.165) is 52.9 Å². The lowest BCUT2D eigenvalue weighted by Crippen LogP contribution is -2.14. The van der Waals surface area contributed by atoms with Crippen LogP contribution in [0.3, 0.4) is 0 Å². The zero-order chi connectivity index (χ0) is 24.9. The van der Waals surface area contributed by atoms with Crippen LogP contribution in [0.5, 0.6) is 5.75 Å². The second kappa shape index (κ2) is 14.1. The second-order valence-electron chi connectivity index (χ2n) is 7.76. The SMILES string of the molecule is C=C/C=C(\C=C/C)COc1ccccc1-c1cc(Nc2cccc(CSN(CC)CC)c2)ncn1. The molecule has 5 nitrogen and oxygen atoms in total. The fourth-order valence-corrected chi connectivity index (χ4v) is 4.39. The summed E-state index contributed by atoms with van der Waals surface area (Å²) in [4.78, 5) is 8.95. The van der Waals surface area contributed by atoms with E-state index in [1.165, 1.54) is 5.56 Å². The van der Waals surface area contributed by atoms with Crippen molar-refractivity contribution in [3.8, 4) is 17.0 Å². The predicted octanol–water partition coefficient (Wildman–Crippen LogP) is 7.44. The van der Waals surface area contributed by atoms with Gasteiger partial charge in [0, 0.05) is 36.2 Å². The Kier molecular flexibility index (Phi) is 10.6. The molecule has 3 rings (SSSR count). The molecule has 0 saturated heterocycles. The number of nitrogens with one attached hydrogen (secondary N) is 1. The van der Waals surface area contributed by atoms with Gasteiger partial charge in [-0.15, -0.1) is 0 Å². The van der Waals surface area contributed by atoms with Crippen LogP contribution in [0.25, 0.3) is 11.3 Å². The second-order valence-corrected chi connectivity index (χ2v) is 8.83. The average molecular weight is 487 g/mol. The number of benzene rings is 2. The summed E-state index contributed by atoms with van der Waals surface area (Å²) in [5.41, 5.74) is 5.03. The molecule has 6 heteroatoms. The molecular weight excluding hydrogens is 452 g/mol. The van der Waals surface area contributed by atoms with Crippen molar-refractivity contribution in [2.24, 2.45) is 0 Å². The van der Waals surface area contributed by atoms with Gasteiger partial charge in [-0.3, -0.25) is 4.31 Å². The van der Waals surface area contributed by atoms with E-state index in [2.05, 4.69) is 64.3 Å². The van der Waals surface area contributed by atoms with Crippen molar-refractivity contribution >= 4 is 23.5 Å². The number of para-hydroxylation sites is 1. The predicted molar refractivity (Wildman–Crippen MR) is 150 cm³/mol. The molecule has 0 aliphatic carbocycles. The largest absolute Gasteiger partial charge is 0.488 e. The van der Waals surface area contributed by atoms with E-state index < -0.39 is 0 Å². The monoisotopic (exact) mass is 486 g/mol. The molecule has 0 aliphatic rings. The topological polar surface area (TPSA) is 50.3 Å². The van der Waals surface area contributed by atoms with Crippen molar-refractivity contribution in [2.45, 2.75) is 26.5 Å². The normalized spacial score (nSPS) is 11.7.